The van der Waals surface area contributed by atoms with Crippen molar-refractivity contribution in [2.75, 3.05) is 42.6 Å². The number of ether oxygens (including phenoxy) is 1. The fourth-order valence-corrected chi connectivity index (χ4v) is 3.97. The van der Waals surface area contributed by atoms with E-state index in [1.807, 2.05) is 0 Å². The number of rotatable bonds is 8. The van der Waals surface area contributed by atoms with Crippen molar-refractivity contribution in [1.82, 2.24) is 5.06 Å². The van der Waals surface area contributed by atoms with Gasteiger partial charge < -0.3 is 9.64 Å². The molecule has 0 radical (unpaired) electrons. The molecule has 4 rings (SSSR count). The van der Waals surface area contributed by atoms with Crippen LogP contribution in [-0.4, -0.2) is 68.2 Å². The molecule has 0 bridgehead atoms. The normalized spacial score (nSPS) is 21.4. The number of amides is 2. The Morgan fingerprint density at radius 2 is 1.94 bits per heavy atom. The van der Waals surface area contributed by atoms with Gasteiger partial charge in [-0.3, -0.25) is 19.3 Å². The number of carbonyl (C=O) groups excluding carboxylic acids is 3. The SMILES string of the molecule is O=C(CC[C@H]1CN(c2ccc(N3CCON(C(=O)CC4CC4)CC3)c(F)c2)C(=O)O1)C(F)F. The first-order valence-electron chi connectivity index (χ1n) is 11.1. The highest BCUT2D eigenvalue weighted by molar-refractivity contribution is 5.90. The first kappa shape index (κ1) is 23.3. The Morgan fingerprint density at radius 1 is 1.15 bits per heavy atom. The molecule has 33 heavy (non-hydrogen) atoms. The summed E-state index contributed by atoms with van der Waals surface area (Å²) in [7, 11) is 0. The van der Waals surface area contributed by atoms with Crippen molar-refractivity contribution in [3.05, 3.63) is 24.0 Å². The minimum Gasteiger partial charge on any atom is -0.444 e. The number of Topliss-reactive ketones (excluding diaryl/α,β-unsaturated/α-hetero) is 1. The topological polar surface area (TPSA) is 79.4 Å². The largest absolute Gasteiger partial charge is 0.444 e. The Labute approximate surface area is 189 Å². The quantitative estimate of drug-likeness (QED) is 0.582. The number of anilines is 2. The highest BCUT2D eigenvalue weighted by Crippen LogP contribution is 2.33. The van der Waals surface area contributed by atoms with Gasteiger partial charge in [0.1, 0.15) is 11.9 Å². The van der Waals surface area contributed by atoms with E-state index in [1.54, 1.807) is 17.0 Å². The molecule has 3 aliphatic rings. The highest BCUT2D eigenvalue weighted by Gasteiger charge is 2.34. The minimum atomic E-state index is -3.05. The summed E-state index contributed by atoms with van der Waals surface area (Å²) in [5, 5.41) is 1.36. The average molecular weight is 469 g/mol. The van der Waals surface area contributed by atoms with E-state index in [-0.39, 0.29) is 31.2 Å². The van der Waals surface area contributed by atoms with Gasteiger partial charge >= 0.3 is 6.09 Å². The van der Waals surface area contributed by atoms with Crippen molar-refractivity contribution in [3.8, 4) is 0 Å². The van der Waals surface area contributed by atoms with Crippen LogP contribution in [0.4, 0.5) is 29.3 Å². The Balaban J connectivity index is 1.35. The minimum absolute atomic E-state index is 0.0181. The third-order valence-corrected chi connectivity index (χ3v) is 6.03. The summed E-state index contributed by atoms with van der Waals surface area (Å²) in [4.78, 5) is 44.1. The lowest BCUT2D eigenvalue weighted by Gasteiger charge is -2.24. The molecule has 1 aliphatic carbocycles. The van der Waals surface area contributed by atoms with Crippen molar-refractivity contribution in [1.29, 1.82) is 0 Å². The van der Waals surface area contributed by atoms with Crippen LogP contribution in [0.2, 0.25) is 0 Å². The van der Waals surface area contributed by atoms with E-state index in [9.17, 15) is 27.6 Å². The molecule has 2 heterocycles. The number of nitrogens with zero attached hydrogens (tertiary/aromatic N) is 3. The second kappa shape index (κ2) is 9.98. The second-order valence-electron chi connectivity index (χ2n) is 8.52. The maximum atomic E-state index is 15.0. The monoisotopic (exact) mass is 469 g/mol. The summed E-state index contributed by atoms with van der Waals surface area (Å²) < 4.78 is 44.8. The summed E-state index contributed by atoms with van der Waals surface area (Å²) in [6, 6.07) is 4.34. The molecule has 1 aromatic rings. The Kier molecular flexibility index (Phi) is 7.06. The number of cyclic esters (lactones) is 1. The summed E-state index contributed by atoms with van der Waals surface area (Å²) in [5.41, 5.74) is 0.599. The van der Waals surface area contributed by atoms with Crippen LogP contribution in [0.3, 0.4) is 0 Å². The van der Waals surface area contributed by atoms with Gasteiger partial charge in [0.15, 0.2) is 5.78 Å². The van der Waals surface area contributed by atoms with Crippen molar-refractivity contribution >= 4 is 29.2 Å². The van der Waals surface area contributed by atoms with Gasteiger partial charge in [0.2, 0.25) is 5.91 Å². The fraction of sp³-hybridized carbons (Fsp3) is 0.591. The number of benzene rings is 1. The number of hydrogen-bond donors (Lipinski definition) is 0. The maximum absolute atomic E-state index is 15.0. The third-order valence-electron chi connectivity index (χ3n) is 6.03. The van der Waals surface area contributed by atoms with Crippen LogP contribution in [0, 0.1) is 11.7 Å². The lowest BCUT2D eigenvalue weighted by molar-refractivity contribution is -0.182. The van der Waals surface area contributed by atoms with Gasteiger partial charge in [-0.15, -0.1) is 0 Å². The lowest BCUT2D eigenvalue weighted by atomic mass is 10.1. The third kappa shape index (κ3) is 5.76. The van der Waals surface area contributed by atoms with Crippen LogP contribution >= 0.6 is 0 Å². The summed E-state index contributed by atoms with van der Waals surface area (Å²) in [5.74, 6) is -1.34. The van der Waals surface area contributed by atoms with E-state index in [2.05, 4.69) is 0 Å². The van der Waals surface area contributed by atoms with Crippen molar-refractivity contribution in [2.24, 2.45) is 5.92 Å². The van der Waals surface area contributed by atoms with E-state index in [0.29, 0.717) is 37.7 Å². The molecule has 2 saturated heterocycles. The molecule has 0 spiro atoms. The zero-order valence-electron chi connectivity index (χ0n) is 18.1. The van der Waals surface area contributed by atoms with E-state index in [0.717, 1.165) is 12.8 Å². The summed E-state index contributed by atoms with van der Waals surface area (Å²) in [6.45, 7) is 1.41. The zero-order chi connectivity index (χ0) is 23.5. The molecule has 0 unspecified atom stereocenters. The molecule has 11 heteroatoms. The second-order valence-corrected chi connectivity index (χ2v) is 8.52. The van der Waals surface area contributed by atoms with Crippen LogP contribution in [0.1, 0.15) is 32.1 Å². The lowest BCUT2D eigenvalue weighted by Crippen LogP contribution is -2.34. The van der Waals surface area contributed by atoms with Crippen molar-refractivity contribution < 1.29 is 37.1 Å². The van der Waals surface area contributed by atoms with Crippen LogP contribution in [-0.2, 0) is 19.2 Å². The van der Waals surface area contributed by atoms with E-state index in [1.165, 1.54) is 16.0 Å². The average Bonchev–Trinajstić information content (AvgIpc) is 3.56. The van der Waals surface area contributed by atoms with Gasteiger partial charge in [-0.25, -0.2) is 23.0 Å². The molecule has 1 aromatic carbocycles. The molecule has 2 aliphatic heterocycles. The molecule has 1 saturated carbocycles. The Bertz CT molecular complexity index is 911. The highest BCUT2D eigenvalue weighted by atomic mass is 19.3. The predicted molar refractivity (Wildman–Crippen MR) is 111 cm³/mol. The Morgan fingerprint density at radius 3 is 2.64 bits per heavy atom. The van der Waals surface area contributed by atoms with E-state index >= 15 is 0 Å². The van der Waals surface area contributed by atoms with Crippen LogP contribution < -0.4 is 9.80 Å². The molecule has 3 fully saturated rings. The Hall–Kier alpha value is -2.82. The standard InChI is InChI=1S/C22H26F3N3O5/c23-17-12-15(27-13-16(33-22(27)31)4-6-19(29)21(24)25)3-5-18(17)26-7-8-28(32-10-9-26)20(30)11-14-1-2-14/h3,5,12,14,16,21H,1-2,4,6-11,13H2/t16-/m0/s1. The van der Waals surface area contributed by atoms with E-state index in [4.69, 9.17) is 9.57 Å². The summed E-state index contributed by atoms with van der Waals surface area (Å²) >= 11 is 0. The van der Waals surface area contributed by atoms with Crippen molar-refractivity contribution in [2.45, 2.75) is 44.6 Å². The molecule has 180 valence electrons. The fourth-order valence-electron chi connectivity index (χ4n) is 3.97. The van der Waals surface area contributed by atoms with E-state index < -0.39 is 36.6 Å². The van der Waals surface area contributed by atoms with Crippen LogP contribution in [0.15, 0.2) is 18.2 Å². The van der Waals surface area contributed by atoms with Crippen LogP contribution in [0.25, 0.3) is 0 Å². The van der Waals surface area contributed by atoms with Gasteiger partial charge in [0.05, 0.1) is 31.1 Å². The number of ketones is 1. The molecule has 0 N–H and O–H groups in total. The predicted octanol–water partition coefficient (Wildman–Crippen LogP) is 3.15. The number of alkyl halides is 2. The van der Waals surface area contributed by atoms with Gasteiger partial charge in [-0.1, -0.05) is 0 Å². The number of carbonyl (C=O) groups is 3. The maximum Gasteiger partial charge on any atom is 0.414 e. The van der Waals surface area contributed by atoms with Gasteiger partial charge in [0.25, 0.3) is 6.43 Å². The number of halogens is 3. The smallest absolute Gasteiger partial charge is 0.414 e. The molecular weight excluding hydrogens is 443 g/mol. The molecule has 8 nitrogen and oxygen atoms in total. The van der Waals surface area contributed by atoms with Gasteiger partial charge in [0, 0.05) is 25.9 Å². The molecule has 2 amide bonds. The molecular formula is C22H26F3N3O5. The first-order chi connectivity index (χ1) is 15.8. The molecule has 1 atom stereocenters. The number of hydroxylamine groups is 2. The van der Waals surface area contributed by atoms with Gasteiger partial charge in [-0.2, -0.15) is 0 Å². The van der Waals surface area contributed by atoms with Crippen molar-refractivity contribution in [3.63, 3.8) is 0 Å². The first-order valence-corrected chi connectivity index (χ1v) is 11.1. The summed E-state index contributed by atoms with van der Waals surface area (Å²) in [6.07, 6.45) is -2.28. The number of hydrogen-bond acceptors (Lipinski definition) is 6. The molecule has 0 aromatic heterocycles. The van der Waals surface area contributed by atoms with Crippen LogP contribution in [0.5, 0.6) is 0 Å². The van der Waals surface area contributed by atoms with Gasteiger partial charge in [-0.05, 0) is 43.4 Å². The zero-order valence-corrected chi connectivity index (χ0v) is 18.1.